The summed E-state index contributed by atoms with van der Waals surface area (Å²) < 4.78 is 10.4. The number of hydrogen-bond donors (Lipinski definition) is 0. The molecule has 0 saturated carbocycles. The molecule has 2 saturated heterocycles. The molecular formula is C10H16N2O3S. The first kappa shape index (κ1) is 11.8. The zero-order valence-corrected chi connectivity index (χ0v) is 10.0. The molecule has 2 rings (SSSR count). The highest BCUT2D eigenvalue weighted by atomic mass is 32.1. The van der Waals surface area contributed by atoms with E-state index in [2.05, 4.69) is 0 Å². The molecule has 2 heterocycles. The second kappa shape index (κ2) is 5.56. The largest absolute Gasteiger partial charge is 0.378 e. The predicted octanol–water partition coefficient (Wildman–Crippen LogP) is -0.495. The van der Waals surface area contributed by atoms with Crippen molar-refractivity contribution in [1.82, 2.24) is 9.80 Å². The Morgan fingerprint density at radius 1 is 0.875 bits per heavy atom. The SMILES string of the molecule is O=C(C(=S)N1CCOCC1)N1CCOCC1. The first-order valence-electron chi connectivity index (χ1n) is 5.53. The quantitative estimate of drug-likeness (QED) is 0.538. The molecule has 0 aromatic carbocycles. The predicted molar refractivity (Wildman–Crippen MR) is 62.4 cm³/mol. The maximum absolute atomic E-state index is 12.0. The molecule has 5 nitrogen and oxygen atoms in total. The Labute approximate surface area is 100 Å². The van der Waals surface area contributed by atoms with Crippen LogP contribution in [0, 0.1) is 0 Å². The van der Waals surface area contributed by atoms with Gasteiger partial charge in [-0.1, -0.05) is 12.2 Å². The van der Waals surface area contributed by atoms with Crippen LogP contribution in [0.2, 0.25) is 0 Å². The highest BCUT2D eigenvalue weighted by molar-refractivity contribution is 7.81. The summed E-state index contributed by atoms with van der Waals surface area (Å²) in [4.78, 5) is 16.2. The van der Waals surface area contributed by atoms with Crippen molar-refractivity contribution in [3.05, 3.63) is 0 Å². The van der Waals surface area contributed by atoms with Gasteiger partial charge in [0.2, 0.25) is 0 Å². The van der Waals surface area contributed by atoms with E-state index in [0.29, 0.717) is 44.5 Å². The Hall–Kier alpha value is -0.720. The standard InChI is InChI=1S/C10H16N2O3S/c13-9(11-1-5-14-6-2-11)10(16)12-3-7-15-8-4-12/h1-8H2. The van der Waals surface area contributed by atoms with Crippen LogP contribution >= 0.6 is 12.2 Å². The Kier molecular flexibility index (Phi) is 4.09. The molecule has 0 spiro atoms. The normalized spacial score (nSPS) is 22.0. The fraction of sp³-hybridized carbons (Fsp3) is 0.800. The van der Waals surface area contributed by atoms with Crippen molar-refractivity contribution >= 4 is 23.1 Å². The van der Waals surface area contributed by atoms with Crippen LogP contribution in [0.1, 0.15) is 0 Å². The number of hydrogen-bond acceptors (Lipinski definition) is 4. The molecule has 0 aromatic rings. The third-order valence-corrected chi connectivity index (χ3v) is 3.21. The maximum atomic E-state index is 12.0. The third-order valence-electron chi connectivity index (χ3n) is 2.78. The van der Waals surface area contributed by atoms with Gasteiger partial charge in [0, 0.05) is 26.2 Å². The minimum absolute atomic E-state index is 0.0415. The summed E-state index contributed by atoms with van der Waals surface area (Å²) in [5, 5.41) is 0. The number of carbonyl (C=O) groups excluding carboxylic acids is 1. The van der Waals surface area contributed by atoms with Crippen molar-refractivity contribution in [2.45, 2.75) is 0 Å². The van der Waals surface area contributed by atoms with Gasteiger partial charge in [0.15, 0.2) is 4.99 Å². The third kappa shape index (κ3) is 2.69. The molecule has 0 unspecified atom stereocenters. The number of nitrogens with zero attached hydrogens (tertiary/aromatic N) is 2. The van der Waals surface area contributed by atoms with E-state index in [4.69, 9.17) is 21.7 Å². The minimum Gasteiger partial charge on any atom is -0.378 e. The average Bonchev–Trinajstić information content (AvgIpc) is 2.39. The van der Waals surface area contributed by atoms with Gasteiger partial charge in [-0.3, -0.25) is 4.79 Å². The van der Waals surface area contributed by atoms with Gasteiger partial charge in [-0.25, -0.2) is 0 Å². The molecule has 2 aliphatic heterocycles. The minimum atomic E-state index is -0.0415. The van der Waals surface area contributed by atoms with Gasteiger partial charge in [0.25, 0.3) is 5.91 Å². The van der Waals surface area contributed by atoms with Gasteiger partial charge in [-0.15, -0.1) is 0 Å². The van der Waals surface area contributed by atoms with Crippen molar-refractivity contribution in [3.63, 3.8) is 0 Å². The van der Waals surface area contributed by atoms with Gasteiger partial charge in [-0.05, 0) is 0 Å². The van der Waals surface area contributed by atoms with E-state index in [1.54, 1.807) is 4.90 Å². The van der Waals surface area contributed by atoms with Crippen LogP contribution in [0.25, 0.3) is 0 Å². The van der Waals surface area contributed by atoms with Gasteiger partial charge in [-0.2, -0.15) is 0 Å². The van der Waals surface area contributed by atoms with E-state index in [-0.39, 0.29) is 5.91 Å². The average molecular weight is 244 g/mol. The zero-order chi connectivity index (χ0) is 11.4. The van der Waals surface area contributed by atoms with Crippen molar-refractivity contribution in [1.29, 1.82) is 0 Å². The van der Waals surface area contributed by atoms with Gasteiger partial charge in [0.05, 0.1) is 26.4 Å². The number of morpholine rings is 2. The molecule has 16 heavy (non-hydrogen) atoms. The topological polar surface area (TPSA) is 42.0 Å². The molecule has 2 aliphatic rings. The van der Waals surface area contributed by atoms with Crippen LogP contribution in [0.3, 0.4) is 0 Å². The Balaban J connectivity index is 1.89. The van der Waals surface area contributed by atoms with Crippen molar-refractivity contribution < 1.29 is 14.3 Å². The first-order valence-corrected chi connectivity index (χ1v) is 5.93. The Bertz CT molecular complexity index is 245. The van der Waals surface area contributed by atoms with Crippen LogP contribution in [0.4, 0.5) is 0 Å². The lowest BCUT2D eigenvalue weighted by molar-refractivity contribution is -0.128. The first-order chi connectivity index (χ1) is 7.79. The lowest BCUT2D eigenvalue weighted by Crippen LogP contribution is -2.51. The summed E-state index contributed by atoms with van der Waals surface area (Å²) in [6, 6.07) is 0. The number of ether oxygens (including phenoxy) is 2. The van der Waals surface area contributed by atoms with E-state index >= 15 is 0 Å². The van der Waals surface area contributed by atoms with Gasteiger partial charge < -0.3 is 19.3 Å². The van der Waals surface area contributed by atoms with Gasteiger partial charge >= 0.3 is 0 Å². The lowest BCUT2D eigenvalue weighted by Gasteiger charge is -2.32. The number of amides is 1. The summed E-state index contributed by atoms with van der Waals surface area (Å²) in [7, 11) is 0. The summed E-state index contributed by atoms with van der Waals surface area (Å²) in [5.74, 6) is -0.0415. The second-order valence-electron chi connectivity index (χ2n) is 3.81. The molecule has 0 bridgehead atoms. The summed E-state index contributed by atoms with van der Waals surface area (Å²) in [6.07, 6.45) is 0. The van der Waals surface area contributed by atoms with Crippen LogP contribution in [0.5, 0.6) is 0 Å². The Morgan fingerprint density at radius 2 is 1.31 bits per heavy atom. The van der Waals surface area contributed by atoms with Crippen molar-refractivity contribution in [2.24, 2.45) is 0 Å². The molecule has 90 valence electrons. The molecule has 0 N–H and O–H groups in total. The fourth-order valence-electron chi connectivity index (χ4n) is 1.80. The van der Waals surface area contributed by atoms with Crippen LogP contribution < -0.4 is 0 Å². The van der Waals surface area contributed by atoms with E-state index in [9.17, 15) is 4.79 Å². The molecule has 6 heteroatoms. The molecule has 0 aliphatic carbocycles. The van der Waals surface area contributed by atoms with Crippen LogP contribution in [-0.4, -0.2) is 73.3 Å². The van der Waals surface area contributed by atoms with E-state index in [1.165, 1.54) is 0 Å². The van der Waals surface area contributed by atoms with E-state index in [0.717, 1.165) is 13.1 Å². The molecule has 0 aromatic heterocycles. The smallest absolute Gasteiger partial charge is 0.281 e. The highest BCUT2D eigenvalue weighted by Crippen LogP contribution is 2.05. The van der Waals surface area contributed by atoms with Crippen LogP contribution in [-0.2, 0) is 14.3 Å². The number of thiocarbonyl (C=S) groups is 1. The van der Waals surface area contributed by atoms with E-state index in [1.807, 2.05) is 4.90 Å². The highest BCUT2D eigenvalue weighted by Gasteiger charge is 2.25. The molecule has 1 amide bonds. The monoisotopic (exact) mass is 244 g/mol. The number of rotatable bonds is 0. The summed E-state index contributed by atoms with van der Waals surface area (Å²) in [5.41, 5.74) is 0. The van der Waals surface area contributed by atoms with Crippen molar-refractivity contribution in [3.8, 4) is 0 Å². The lowest BCUT2D eigenvalue weighted by atomic mass is 10.3. The number of carbonyl (C=O) groups is 1. The molecule has 2 fully saturated rings. The maximum Gasteiger partial charge on any atom is 0.281 e. The van der Waals surface area contributed by atoms with Crippen molar-refractivity contribution in [2.75, 3.05) is 52.6 Å². The zero-order valence-electron chi connectivity index (χ0n) is 9.18. The molecule has 0 atom stereocenters. The second-order valence-corrected chi connectivity index (χ2v) is 4.20. The summed E-state index contributed by atoms with van der Waals surface area (Å²) >= 11 is 5.22. The Morgan fingerprint density at radius 3 is 1.81 bits per heavy atom. The summed E-state index contributed by atoms with van der Waals surface area (Å²) in [6.45, 7) is 5.23. The van der Waals surface area contributed by atoms with Crippen LogP contribution in [0.15, 0.2) is 0 Å². The van der Waals surface area contributed by atoms with E-state index < -0.39 is 0 Å². The fourth-order valence-corrected chi connectivity index (χ4v) is 2.12. The molecular weight excluding hydrogens is 228 g/mol. The van der Waals surface area contributed by atoms with Gasteiger partial charge in [0.1, 0.15) is 0 Å². The molecule has 0 radical (unpaired) electrons.